The number of carbonyl (C=O) groups excluding carboxylic acids is 3. The molecule has 0 bridgehead atoms. The number of cyclic esters (lactones) is 1. The average molecular weight is 669 g/mol. The summed E-state index contributed by atoms with van der Waals surface area (Å²) >= 11 is 0. The first-order valence-corrected chi connectivity index (χ1v) is 17.0. The molecule has 12 heteroatoms. The Morgan fingerprint density at radius 2 is 1.66 bits per heavy atom. The Morgan fingerprint density at radius 1 is 1.02 bits per heavy atom. The first kappa shape index (κ1) is 39.3. The highest BCUT2D eigenvalue weighted by atomic mass is 16.7. The van der Waals surface area contributed by atoms with Gasteiger partial charge in [-0.2, -0.15) is 0 Å². The lowest BCUT2D eigenvalue weighted by Gasteiger charge is -2.49. The summed E-state index contributed by atoms with van der Waals surface area (Å²) in [4.78, 5) is 42.9. The second-order valence-corrected chi connectivity index (χ2v) is 14.4. The van der Waals surface area contributed by atoms with Crippen LogP contribution in [0.3, 0.4) is 0 Å². The van der Waals surface area contributed by atoms with Crippen molar-refractivity contribution in [3.05, 3.63) is 12.7 Å². The Kier molecular flexibility index (Phi) is 13.5. The number of ether oxygens (including phenoxy) is 7. The second-order valence-electron chi connectivity index (χ2n) is 14.4. The summed E-state index contributed by atoms with van der Waals surface area (Å²) < 4.78 is 43.9. The quantitative estimate of drug-likeness (QED) is 0.281. The first-order valence-electron chi connectivity index (χ1n) is 17.0. The van der Waals surface area contributed by atoms with Crippen LogP contribution in [0.5, 0.6) is 0 Å². The largest absolute Gasteiger partial charge is 0.458 e. The maximum atomic E-state index is 14.2. The lowest BCUT2D eigenvalue weighted by atomic mass is 9.73. The number of rotatable bonds is 9. The van der Waals surface area contributed by atoms with Gasteiger partial charge in [0.05, 0.1) is 42.5 Å². The van der Waals surface area contributed by atoms with Gasteiger partial charge in [0, 0.05) is 38.0 Å². The maximum Gasteiger partial charge on any atom is 0.408 e. The van der Waals surface area contributed by atoms with Crippen molar-refractivity contribution in [1.29, 1.82) is 0 Å². The lowest BCUT2D eigenvalue weighted by molar-refractivity contribution is -0.306. The van der Waals surface area contributed by atoms with E-state index in [1.54, 1.807) is 41.1 Å². The molecule has 0 radical (unpaired) electrons. The van der Waals surface area contributed by atoms with Crippen LogP contribution in [0.25, 0.3) is 0 Å². The predicted octanol–water partition coefficient (Wildman–Crippen LogP) is 4.13. The number of methoxy groups -OCH3 is 2. The molecule has 3 saturated heterocycles. The number of nitrogens with zero attached hydrogens (tertiary/aromatic N) is 1. The van der Waals surface area contributed by atoms with E-state index < -0.39 is 83.7 Å². The van der Waals surface area contributed by atoms with Gasteiger partial charge in [-0.15, -0.1) is 6.58 Å². The summed E-state index contributed by atoms with van der Waals surface area (Å²) in [5, 5.41) is 2.84. The van der Waals surface area contributed by atoms with Gasteiger partial charge in [0.2, 0.25) is 0 Å². The smallest absolute Gasteiger partial charge is 0.408 e. The van der Waals surface area contributed by atoms with E-state index in [-0.39, 0.29) is 31.0 Å². The van der Waals surface area contributed by atoms with Gasteiger partial charge in [-0.25, -0.2) is 4.79 Å². The van der Waals surface area contributed by atoms with Gasteiger partial charge in [0.15, 0.2) is 11.9 Å². The molecule has 14 atom stereocenters. The molecule has 1 amide bonds. The molecule has 0 aliphatic carbocycles. The number of fused-ring (bicyclic) bond motifs is 1. The van der Waals surface area contributed by atoms with Gasteiger partial charge in [-0.1, -0.05) is 33.8 Å². The zero-order chi connectivity index (χ0) is 35.4. The van der Waals surface area contributed by atoms with Crippen LogP contribution in [-0.2, 0) is 42.7 Å². The summed E-state index contributed by atoms with van der Waals surface area (Å²) in [6.07, 6.45) is -1.19. The Hall–Kier alpha value is -2.09. The van der Waals surface area contributed by atoms with Crippen molar-refractivity contribution in [3.63, 3.8) is 0 Å². The molecule has 3 aliphatic heterocycles. The molecule has 1 N–H and O–H groups in total. The van der Waals surface area contributed by atoms with Gasteiger partial charge in [0.1, 0.15) is 18.0 Å². The van der Waals surface area contributed by atoms with E-state index in [1.165, 1.54) is 0 Å². The highest BCUT2D eigenvalue weighted by molar-refractivity contribution is 5.85. The first-order chi connectivity index (χ1) is 22.0. The topological polar surface area (TPSA) is 131 Å². The van der Waals surface area contributed by atoms with E-state index in [0.717, 1.165) is 6.42 Å². The highest BCUT2D eigenvalue weighted by Gasteiger charge is 2.57. The van der Waals surface area contributed by atoms with Crippen molar-refractivity contribution in [2.24, 2.45) is 23.7 Å². The van der Waals surface area contributed by atoms with Crippen LogP contribution in [0.15, 0.2) is 12.7 Å². The molecular weight excluding hydrogens is 608 g/mol. The fourth-order valence-electron chi connectivity index (χ4n) is 8.18. The van der Waals surface area contributed by atoms with E-state index in [2.05, 4.69) is 16.8 Å². The molecule has 0 aromatic rings. The van der Waals surface area contributed by atoms with Gasteiger partial charge < -0.3 is 43.4 Å². The molecule has 0 spiro atoms. The van der Waals surface area contributed by atoms with Gasteiger partial charge in [-0.05, 0) is 61.1 Å². The van der Waals surface area contributed by atoms with Crippen LogP contribution in [0.1, 0.15) is 74.7 Å². The van der Waals surface area contributed by atoms with E-state index in [0.29, 0.717) is 6.42 Å². The third-order valence-corrected chi connectivity index (χ3v) is 10.7. The van der Waals surface area contributed by atoms with E-state index in [4.69, 9.17) is 33.2 Å². The third-order valence-electron chi connectivity index (χ3n) is 10.7. The molecule has 1 unspecified atom stereocenters. The molecule has 3 fully saturated rings. The Bertz CT molecular complexity index is 1100. The number of alkyl carbamates (subject to hydrolysis) is 1. The number of esters is 1. The third kappa shape index (κ3) is 8.21. The van der Waals surface area contributed by atoms with Crippen LogP contribution < -0.4 is 5.32 Å². The van der Waals surface area contributed by atoms with Crippen molar-refractivity contribution in [3.8, 4) is 0 Å². The minimum atomic E-state index is -1.27. The van der Waals surface area contributed by atoms with Gasteiger partial charge >= 0.3 is 12.1 Å². The zero-order valence-corrected chi connectivity index (χ0v) is 30.6. The molecule has 3 rings (SSSR count). The molecule has 0 saturated carbocycles. The van der Waals surface area contributed by atoms with E-state index in [1.807, 2.05) is 48.7 Å². The molecule has 3 aliphatic rings. The fourth-order valence-corrected chi connectivity index (χ4v) is 8.18. The monoisotopic (exact) mass is 668 g/mol. The number of nitrogens with one attached hydrogen (secondary N) is 1. The molecule has 3 heterocycles. The van der Waals surface area contributed by atoms with Gasteiger partial charge in [0.25, 0.3) is 0 Å². The molecular formula is C35H60N2O10. The van der Waals surface area contributed by atoms with E-state index >= 15 is 0 Å². The van der Waals surface area contributed by atoms with Crippen molar-refractivity contribution in [2.45, 2.75) is 135 Å². The SMILES string of the molecule is C=CCO[C@@]1(C)C[C@@H](C)C(=O)[C@H](C)C2NC(=O)O[C@]2(C)[C@@H](CC)OC(=O)[C@H](C)[C@@H](OC)[C@H](C)[C@H]1O[C@@H]1O[C@H](C)C[C@H](N(C)C)[C@H]1OC. The summed E-state index contributed by atoms with van der Waals surface area (Å²) in [6, 6.07) is -0.714. The molecule has 270 valence electrons. The van der Waals surface area contributed by atoms with Crippen molar-refractivity contribution in [1.82, 2.24) is 10.2 Å². The Morgan fingerprint density at radius 3 is 2.21 bits per heavy atom. The molecule has 0 aromatic heterocycles. The number of hydrogen-bond donors (Lipinski definition) is 1. The van der Waals surface area contributed by atoms with Gasteiger partial charge in [-0.3, -0.25) is 9.59 Å². The number of carbonyl (C=O) groups is 3. The van der Waals surface area contributed by atoms with Crippen LogP contribution in [0.2, 0.25) is 0 Å². The van der Waals surface area contributed by atoms with Crippen molar-refractivity contribution < 1.29 is 47.5 Å². The van der Waals surface area contributed by atoms with Crippen LogP contribution >= 0.6 is 0 Å². The summed E-state index contributed by atoms with van der Waals surface area (Å²) in [6.45, 7) is 18.9. The zero-order valence-electron chi connectivity index (χ0n) is 30.6. The molecule has 0 aromatic carbocycles. The van der Waals surface area contributed by atoms with Crippen LogP contribution in [-0.4, -0.2) is 118 Å². The Balaban J connectivity index is 2.18. The summed E-state index contributed by atoms with van der Waals surface area (Å²) in [7, 11) is 7.20. The van der Waals surface area contributed by atoms with Crippen LogP contribution in [0, 0.1) is 23.7 Å². The number of amides is 1. The average Bonchev–Trinajstić information content (AvgIpc) is 3.33. The number of hydrogen-bond acceptors (Lipinski definition) is 11. The van der Waals surface area contributed by atoms with Crippen molar-refractivity contribution in [2.75, 3.05) is 34.9 Å². The predicted molar refractivity (Wildman–Crippen MR) is 176 cm³/mol. The maximum absolute atomic E-state index is 14.2. The lowest BCUT2D eigenvalue weighted by Crippen LogP contribution is -2.61. The highest BCUT2D eigenvalue weighted by Crippen LogP contribution is 2.41. The number of Topliss-reactive ketones (excluding diaryl/α,β-unsaturated/α-hetero) is 1. The fraction of sp³-hybridized carbons (Fsp3) is 0.857. The normalized spacial score (nSPS) is 43.8. The number of ketones is 1. The number of likely N-dealkylation sites (N-methyl/N-ethyl adjacent to an activating group) is 1. The van der Waals surface area contributed by atoms with E-state index in [9.17, 15) is 14.4 Å². The second kappa shape index (κ2) is 16.1. The van der Waals surface area contributed by atoms with Crippen molar-refractivity contribution >= 4 is 17.8 Å². The Labute approximate surface area is 281 Å². The summed E-state index contributed by atoms with van der Waals surface area (Å²) in [5.41, 5.74) is -2.36. The standard InChI is InChI=1S/C35H60N2O10/c1-14-16-43-34(8)18-19(3)26(38)21(5)29-35(9,47-33(40)36-29)25(15-2)45-31(39)23(7)27(41-12)22(6)30(34)46-32-28(42-13)24(37(10)11)17-20(4)44-32/h14,19-25,27-30,32H,1,15-18H2,2-13H3,(H,36,40)/t19-,20-,21+,22+,23-,24+,25-,27+,28-,29?,30-,32+,34+,35-/m1/s1. The molecule has 47 heavy (non-hydrogen) atoms. The van der Waals surface area contributed by atoms with Crippen LogP contribution in [0.4, 0.5) is 4.79 Å². The molecule has 12 nitrogen and oxygen atoms in total. The summed E-state index contributed by atoms with van der Waals surface area (Å²) in [5.74, 6) is -3.01. The minimum absolute atomic E-state index is 0.0144. The minimum Gasteiger partial charge on any atom is -0.458 e.